The molecule has 1 aliphatic heterocycles. The van der Waals surface area contributed by atoms with Crippen molar-refractivity contribution < 1.29 is 18.3 Å². The third kappa shape index (κ3) is 3.16. The minimum Gasteiger partial charge on any atom is -0.396 e. The fourth-order valence-corrected chi connectivity index (χ4v) is 2.63. The van der Waals surface area contributed by atoms with E-state index in [2.05, 4.69) is 5.32 Å². The number of ether oxygens (including phenoxy) is 1. The first-order chi connectivity index (χ1) is 8.82. The molecular weight excluding hydrogens is 270 g/mol. The normalized spacial score (nSPS) is 23.5. The molecule has 19 heavy (non-hydrogen) atoms. The molecule has 0 radical (unpaired) electrons. The van der Waals surface area contributed by atoms with Crippen LogP contribution in [0.15, 0.2) is 23.1 Å². The van der Waals surface area contributed by atoms with Crippen LogP contribution in [-0.2, 0) is 14.8 Å². The zero-order valence-corrected chi connectivity index (χ0v) is 11.1. The molecule has 0 bridgehead atoms. The number of anilines is 2. The van der Waals surface area contributed by atoms with E-state index in [1.54, 1.807) is 6.07 Å². The third-order valence-electron chi connectivity index (χ3n) is 3.06. The molecule has 1 aliphatic rings. The lowest BCUT2D eigenvalue weighted by molar-refractivity contribution is 0.0382. The number of nitrogens with one attached hydrogen (secondary N) is 1. The van der Waals surface area contributed by atoms with E-state index in [1.807, 2.05) is 0 Å². The molecule has 0 aliphatic carbocycles. The molecule has 6 N–H and O–H groups in total. The monoisotopic (exact) mass is 287 g/mol. The fourth-order valence-electron chi connectivity index (χ4n) is 1.94. The third-order valence-corrected chi connectivity index (χ3v) is 4.03. The summed E-state index contributed by atoms with van der Waals surface area (Å²) in [7, 11) is -3.86. The Hall–Kier alpha value is -1.35. The van der Waals surface area contributed by atoms with E-state index in [-0.39, 0.29) is 23.7 Å². The molecule has 0 saturated carbocycles. The number of sulfonamides is 1. The largest absolute Gasteiger partial charge is 0.396 e. The summed E-state index contributed by atoms with van der Waals surface area (Å²) in [5.41, 5.74) is 5.28. The maximum atomic E-state index is 11.3. The van der Waals surface area contributed by atoms with Crippen molar-refractivity contribution in [1.82, 2.24) is 0 Å². The highest BCUT2D eigenvalue weighted by atomic mass is 32.2. The van der Waals surface area contributed by atoms with Crippen LogP contribution in [0.1, 0.15) is 6.42 Å². The van der Waals surface area contributed by atoms with E-state index < -0.39 is 15.6 Å². The molecule has 0 aromatic heterocycles. The zero-order chi connectivity index (χ0) is 14.1. The standard InChI is InChI=1S/C11H17N3O4S/c12-10-8(2-1-3-9(10)19(13,16)17)14-6-11(15)4-5-18-7-11/h1-3,14-15H,4-7,12H2,(H2,13,16,17). The number of benzene rings is 1. The summed E-state index contributed by atoms with van der Waals surface area (Å²) in [5.74, 6) is 0. The summed E-state index contributed by atoms with van der Waals surface area (Å²) in [6, 6.07) is 4.50. The van der Waals surface area contributed by atoms with Crippen LogP contribution in [0.2, 0.25) is 0 Å². The highest BCUT2D eigenvalue weighted by Gasteiger charge is 2.32. The quantitative estimate of drug-likeness (QED) is 0.552. The SMILES string of the molecule is Nc1c(NCC2(O)CCOC2)cccc1S(N)(=O)=O. The van der Waals surface area contributed by atoms with Crippen LogP contribution < -0.4 is 16.2 Å². The second-order valence-electron chi connectivity index (χ2n) is 4.64. The van der Waals surface area contributed by atoms with Crippen LogP contribution in [0.5, 0.6) is 0 Å². The summed E-state index contributed by atoms with van der Waals surface area (Å²) in [6.45, 7) is 0.977. The van der Waals surface area contributed by atoms with Gasteiger partial charge in [-0.2, -0.15) is 0 Å². The Morgan fingerprint density at radius 1 is 1.47 bits per heavy atom. The summed E-state index contributed by atoms with van der Waals surface area (Å²) in [6.07, 6.45) is 0.523. The van der Waals surface area contributed by atoms with E-state index >= 15 is 0 Å². The zero-order valence-electron chi connectivity index (χ0n) is 10.3. The molecule has 7 nitrogen and oxygen atoms in total. The first-order valence-corrected chi connectivity index (χ1v) is 7.32. The predicted molar refractivity (Wildman–Crippen MR) is 71.1 cm³/mol. The topological polar surface area (TPSA) is 128 Å². The summed E-state index contributed by atoms with van der Waals surface area (Å²) in [5, 5.41) is 18.1. The lowest BCUT2D eigenvalue weighted by Gasteiger charge is -2.22. The van der Waals surface area contributed by atoms with Gasteiger partial charge in [0.25, 0.3) is 0 Å². The number of aliphatic hydroxyl groups is 1. The van der Waals surface area contributed by atoms with Crippen LogP contribution in [0.25, 0.3) is 0 Å². The van der Waals surface area contributed by atoms with Gasteiger partial charge in [0.05, 0.1) is 18.0 Å². The highest BCUT2D eigenvalue weighted by Crippen LogP contribution is 2.27. The Labute approximate surface area is 111 Å². The van der Waals surface area contributed by atoms with E-state index in [4.69, 9.17) is 15.6 Å². The highest BCUT2D eigenvalue weighted by molar-refractivity contribution is 7.89. The minimum atomic E-state index is -3.86. The van der Waals surface area contributed by atoms with Gasteiger partial charge in [-0.3, -0.25) is 0 Å². The molecule has 0 spiro atoms. The van der Waals surface area contributed by atoms with Gasteiger partial charge in [-0.15, -0.1) is 0 Å². The first-order valence-electron chi connectivity index (χ1n) is 5.77. The van der Waals surface area contributed by atoms with E-state index in [0.29, 0.717) is 18.7 Å². The smallest absolute Gasteiger partial charge is 0.240 e. The summed E-state index contributed by atoms with van der Waals surface area (Å²) in [4.78, 5) is -0.132. The van der Waals surface area contributed by atoms with Gasteiger partial charge in [0, 0.05) is 19.6 Å². The number of nitrogen functional groups attached to an aromatic ring is 1. The second kappa shape index (κ2) is 4.97. The molecule has 1 fully saturated rings. The van der Waals surface area contributed by atoms with Crippen LogP contribution in [-0.4, -0.2) is 38.9 Å². The average Bonchev–Trinajstić information content (AvgIpc) is 2.74. The van der Waals surface area contributed by atoms with Crippen molar-refractivity contribution in [2.45, 2.75) is 16.9 Å². The molecule has 1 atom stereocenters. The maximum Gasteiger partial charge on any atom is 0.240 e. The van der Waals surface area contributed by atoms with Crippen molar-refractivity contribution in [1.29, 1.82) is 0 Å². The second-order valence-corrected chi connectivity index (χ2v) is 6.17. The Morgan fingerprint density at radius 2 is 2.21 bits per heavy atom. The number of nitrogens with two attached hydrogens (primary N) is 2. The van der Waals surface area contributed by atoms with Gasteiger partial charge in [-0.05, 0) is 12.1 Å². The average molecular weight is 287 g/mol. The number of rotatable bonds is 4. The minimum absolute atomic E-state index is 0.0486. The predicted octanol–water partition coefficient (Wildman–Crippen LogP) is -0.521. The fraction of sp³-hybridized carbons (Fsp3) is 0.455. The lowest BCUT2D eigenvalue weighted by atomic mass is 10.0. The van der Waals surface area contributed by atoms with E-state index in [1.165, 1.54) is 12.1 Å². The van der Waals surface area contributed by atoms with Crippen molar-refractivity contribution in [3.8, 4) is 0 Å². The van der Waals surface area contributed by atoms with Crippen molar-refractivity contribution in [2.75, 3.05) is 30.8 Å². The van der Waals surface area contributed by atoms with Gasteiger partial charge < -0.3 is 20.9 Å². The van der Waals surface area contributed by atoms with Crippen LogP contribution in [0.3, 0.4) is 0 Å². The summed E-state index contributed by atoms with van der Waals surface area (Å²) < 4.78 is 27.8. The molecule has 0 amide bonds. The van der Waals surface area contributed by atoms with Crippen LogP contribution in [0, 0.1) is 0 Å². The van der Waals surface area contributed by atoms with Crippen LogP contribution >= 0.6 is 0 Å². The molecule has 8 heteroatoms. The first kappa shape index (κ1) is 14.1. The molecule has 2 rings (SSSR count). The lowest BCUT2D eigenvalue weighted by Crippen LogP contribution is -2.37. The van der Waals surface area contributed by atoms with Gasteiger partial charge in [-0.1, -0.05) is 6.07 Å². The van der Waals surface area contributed by atoms with E-state index in [0.717, 1.165) is 0 Å². The molecule has 1 heterocycles. The number of hydrogen-bond acceptors (Lipinski definition) is 6. The van der Waals surface area contributed by atoms with Gasteiger partial charge in [0.15, 0.2) is 0 Å². The van der Waals surface area contributed by atoms with Gasteiger partial charge >= 0.3 is 0 Å². The van der Waals surface area contributed by atoms with Crippen LogP contribution in [0.4, 0.5) is 11.4 Å². The number of primary sulfonamides is 1. The van der Waals surface area contributed by atoms with Gasteiger partial charge in [-0.25, -0.2) is 13.6 Å². The van der Waals surface area contributed by atoms with Crippen molar-refractivity contribution in [3.63, 3.8) is 0 Å². The number of hydrogen-bond donors (Lipinski definition) is 4. The van der Waals surface area contributed by atoms with Crippen molar-refractivity contribution in [2.24, 2.45) is 5.14 Å². The van der Waals surface area contributed by atoms with Crippen molar-refractivity contribution in [3.05, 3.63) is 18.2 Å². The Kier molecular flexibility index (Phi) is 3.68. The van der Waals surface area contributed by atoms with Gasteiger partial charge in [0.1, 0.15) is 10.5 Å². The molecule has 1 aromatic carbocycles. The maximum absolute atomic E-state index is 11.3. The van der Waals surface area contributed by atoms with Gasteiger partial charge in [0.2, 0.25) is 10.0 Å². The Bertz CT molecular complexity index is 567. The molecular formula is C11H17N3O4S. The Morgan fingerprint density at radius 3 is 2.79 bits per heavy atom. The van der Waals surface area contributed by atoms with Crippen molar-refractivity contribution >= 4 is 21.4 Å². The molecule has 1 aromatic rings. The molecule has 1 saturated heterocycles. The summed E-state index contributed by atoms with van der Waals surface area (Å²) >= 11 is 0. The Balaban J connectivity index is 2.17. The molecule has 1 unspecified atom stereocenters. The molecule has 106 valence electrons. The number of para-hydroxylation sites is 1. The van der Waals surface area contributed by atoms with E-state index in [9.17, 15) is 13.5 Å².